The summed E-state index contributed by atoms with van der Waals surface area (Å²) in [4.78, 5) is 12.5. The number of benzene rings is 1. The highest BCUT2D eigenvalue weighted by molar-refractivity contribution is 6.00. The molecule has 92 valence electrons. The van der Waals surface area contributed by atoms with Gasteiger partial charge < -0.3 is 5.32 Å². The fourth-order valence-corrected chi connectivity index (χ4v) is 2.59. The second-order valence-electron chi connectivity index (χ2n) is 5.42. The van der Waals surface area contributed by atoms with Crippen LogP contribution in [0.3, 0.4) is 0 Å². The molecule has 0 aromatic heterocycles. The predicted molar refractivity (Wildman–Crippen MR) is 70.2 cm³/mol. The highest BCUT2D eigenvalue weighted by Gasteiger charge is 2.37. The normalized spacial score (nSPS) is 21.2. The Morgan fingerprint density at radius 3 is 2.53 bits per heavy atom. The van der Waals surface area contributed by atoms with E-state index in [0.29, 0.717) is 6.04 Å². The maximum Gasteiger partial charge on any atom is 0.170 e. The van der Waals surface area contributed by atoms with Crippen molar-refractivity contribution in [2.24, 2.45) is 5.41 Å². The molecular weight excluding hydrogens is 210 g/mol. The Kier molecular flexibility index (Phi) is 3.63. The summed E-state index contributed by atoms with van der Waals surface area (Å²) in [5.74, 6) is 0.248. The van der Waals surface area contributed by atoms with E-state index in [1.807, 2.05) is 30.3 Å². The molecule has 2 nitrogen and oxygen atoms in total. The van der Waals surface area contributed by atoms with Crippen molar-refractivity contribution in [3.8, 4) is 0 Å². The minimum atomic E-state index is -0.318. The van der Waals surface area contributed by atoms with Crippen LogP contribution in [0, 0.1) is 5.41 Å². The Bertz CT molecular complexity index is 377. The van der Waals surface area contributed by atoms with Crippen LogP contribution in [0.1, 0.15) is 43.5 Å². The predicted octanol–water partition coefficient (Wildman–Crippen LogP) is 3.04. The topological polar surface area (TPSA) is 29.1 Å². The lowest BCUT2D eigenvalue weighted by Crippen LogP contribution is -2.48. The van der Waals surface area contributed by atoms with Gasteiger partial charge in [-0.1, -0.05) is 50.6 Å². The van der Waals surface area contributed by atoms with Gasteiger partial charge in [0.15, 0.2) is 5.78 Å². The molecule has 2 heteroatoms. The van der Waals surface area contributed by atoms with Crippen LogP contribution in [0.25, 0.3) is 0 Å². The smallest absolute Gasteiger partial charge is 0.170 e. The standard InChI is InChI=1S/C15H21NO/c1-15(2,13-10-6-7-11-16-13)14(17)12-8-4-3-5-9-12/h3-5,8-9,13,16H,6-7,10-11H2,1-2H3. The molecule has 1 fully saturated rings. The van der Waals surface area contributed by atoms with E-state index in [2.05, 4.69) is 19.2 Å². The van der Waals surface area contributed by atoms with Gasteiger partial charge in [0.2, 0.25) is 0 Å². The van der Waals surface area contributed by atoms with Gasteiger partial charge in [-0.15, -0.1) is 0 Å². The molecule has 0 amide bonds. The molecule has 1 heterocycles. The summed E-state index contributed by atoms with van der Waals surface area (Å²) in [6, 6.07) is 9.93. The summed E-state index contributed by atoms with van der Waals surface area (Å²) in [6.45, 7) is 5.16. The molecule has 0 aliphatic carbocycles. The number of hydrogen-bond acceptors (Lipinski definition) is 2. The Balaban J connectivity index is 2.17. The van der Waals surface area contributed by atoms with E-state index in [1.165, 1.54) is 12.8 Å². The van der Waals surface area contributed by atoms with E-state index >= 15 is 0 Å². The Hall–Kier alpha value is -1.15. The van der Waals surface area contributed by atoms with Crippen LogP contribution in [0.2, 0.25) is 0 Å². The van der Waals surface area contributed by atoms with Crippen molar-refractivity contribution in [2.75, 3.05) is 6.54 Å². The van der Waals surface area contributed by atoms with E-state index in [9.17, 15) is 4.79 Å². The number of rotatable bonds is 3. The molecule has 1 atom stereocenters. The molecule has 1 aromatic carbocycles. The van der Waals surface area contributed by atoms with Crippen molar-refractivity contribution in [1.29, 1.82) is 0 Å². The molecule has 17 heavy (non-hydrogen) atoms. The summed E-state index contributed by atoms with van der Waals surface area (Å²) in [5, 5.41) is 3.49. The van der Waals surface area contributed by atoms with Gasteiger partial charge in [0.05, 0.1) is 0 Å². The average molecular weight is 231 g/mol. The number of ketones is 1. The molecule has 1 aliphatic rings. The van der Waals surface area contributed by atoms with Gasteiger partial charge in [0.25, 0.3) is 0 Å². The van der Waals surface area contributed by atoms with Gasteiger partial charge in [-0.3, -0.25) is 4.79 Å². The number of carbonyl (C=O) groups excluding carboxylic acids is 1. The number of hydrogen-bond donors (Lipinski definition) is 1. The summed E-state index contributed by atoms with van der Waals surface area (Å²) in [6.07, 6.45) is 3.56. The summed E-state index contributed by atoms with van der Waals surface area (Å²) in [5.41, 5.74) is 0.506. The zero-order chi connectivity index (χ0) is 12.3. The van der Waals surface area contributed by atoms with Gasteiger partial charge >= 0.3 is 0 Å². The molecule has 0 radical (unpaired) electrons. The molecule has 0 spiro atoms. The van der Waals surface area contributed by atoms with E-state index in [4.69, 9.17) is 0 Å². The Morgan fingerprint density at radius 2 is 1.94 bits per heavy atom. The van der Waals surface area contributed by atoms with Crippen molar-refractivity contribution < 1.29 is 4.79 Å². The maximum atomic E-state index is 12.5. The largest absolute Gasteiger partial charge is 0.313 e. The summed E-state index contributed by atoms with van der Waals surface area (Å²) < 4.78 is 0. The van der Waals surface area contributed by atoms with E-state index < -0.39 is 0 Å². The minimum Gasteiger partial charge on any atom is -0.313 e. The molecule has 1 saturated heterocycles. The minimum absolute atomic E-state index is 0.248. The molecule has 0 saturated carbocycles. The summed E-state index contributed by atoms with van der Waals surface area (Å²) >= 11 is 0. The fraction of sp³-hybridized carbons (Fsp3) is 0.533. The quantitative estimate of drug-likeness (QED) is 0.810. The monoisotopic (exact) mass is 231 g/mol. The Morgan fingerprint density at radius 1 is 1.24 bits per heavy atom. The van der Waals surface area contributed by atoms with Crippen LogP contribution in [0.5, 0.6) is 0 Å². The van der Waals surface area contributed by atoms with Crippen molar-refractivity contribution in [3.05, 3.63) is 35.9 Å². The van der Waals surface area contributed by atoms with Crippen LogP contribution >= 0.6 is 0 Å². The third-order valence-corrected chi connectivity index (χ3v) is 3.80. The first-order chi connectivity index (χ1) is 8.12. The molecular formula is C15H21NO. The van der Waals surface area contributed by atoms with Gasteiger partial charge in [-0.05, 0) is 19.4 Å². The van der Waals surface area contributed by atoms with E-state index in [0.717, 1.165) is 18.5 Å². The highest BCUT2D eigenvalue weighted by Crippen LogP contribution is 2.30. The average Bonchev–Trinajstić information content (AvgIpc) is 2.40. The highest BCUT2D eigenvalue weighted by atomic mass is 16.1. The zero-order valence-electron chi connectivity index (χ0n) is 10.7. The first kappa shape index (κ1) is 12.3. The lowest BCUT2D eigenvalue weighted by atomic mass is 9.74. The molecule has 1 N–H and O–H groups in total. The molecule has 1 aromatic rings. The molecule has 2 rings (SSSR count). The van der Waals surface area contributed by atoms with Crippen LogP contribution in [0.4, 0.5) is 0 Å². The van der Waals surface area contributed by atoms with E-state index in [1.54, 1.807) is 0 Å². The van der Waals surface area contributed by atoms with E-state index in [-0.39, 0.29) is 11.2 Å². The van der Waals surface area contributed by atoms with Gasteiger partial charge in [0.1, 0.15) is 0 Å². The Labute approximate surface area is 103 Å². The molecule has 1 unspecified atom stereocenters. The van der Waals surface area contributed by atoms with Gasteiger partial charge in [0, 0.05) is 17.0 Å². The van der Waals surface area contributed by atoms with Crippen molar-refractivity contribution >= 4 is 5.78 Å². The molecule has 1 aliphatic heterocycles. The van der Waals surface area contributed by atoms with Gasteiger partial charge in [-0.2, -0.15) is 0 Å². The fourth-order valence-electron chi connectivity index (χ4n) is 2.59. The SMILES string of the molecule is CC(C)(C(=O)c1ccccc1)C1CCCCN1. The maximum absolute atomic E-state index is 12.5. The lowest BCUT2D eigenvalue weighted by molar-refractivity contribution is 0.0756. The lowest BCUT2D eigenvalue weighted by Gasteiger charge is -2.36. The zero-order valence-corrected chi connectivity index (χ0v) is 10.7. The van der Waals surface area contributed by atoms with Crippen LogP contribution in [-0.4, -0.2) is 18.4 Å². The summed E-state index contributed by atoms with van der Waals surface area (Å²) in [7, 11) is 0. The van der Waals surface area contributed by atoms with Crippen LogP contribution < -0.4 is 5.32 Å². The molecule has 0 bridgehead atoms. The van der Waals surface area contributed by atoms with Crippen LogP contribution in [0.15, 0.2) is 30.3 Å². The van der Waals surface area contributed by atoms with Crippen LogP contribution in [-0.2, 0) is 0 Å². The number of nitrogens with one attached hydrogen (secondary N) is 1. The van der Waals surface area contributed by atoms with Crippen molar-refractivity contribution in [3.63, 3.8) is 0 Å². The first-order valence-electron chi connectivity index (χ1n) is 6.45. The number of Topliss-reactive ketones (excluding diaryl/α,β-unsaturated/α-hetero) is 1. The first-order valence-corrected chi connectivity index (χ1v) is 6.45. The second kappa shape index (κ2) is 5.01. The van der Waals surface area contributed by atoms with Gasteiger partial charge in [-0.25, -0.2) is 0 Å². The van der Waals surface area contributed by atoms with Crippen molar-refractivity contribution in [2.45, 2.75) is 39.2 Å². The second-order valence-corrected chi connectivity index (χ2v) is 5.42. The third-order valence-electron chi connectivity index (χ3n) is 3.80. The number of piperidine rings is 1. The number of carbonyl (C=O) groups is 1. The third kappa shape index (κ3) is 2.58. The van der Waals surface area contributed by atoms with Crippen molar-refractivity contribution in [1.82, 2.24) is 5.32 Å².